The minimum absolute atomic E-state index is 2.32. The standard InChI is InChI=1S/4C3HF6O.Sn/c4*4-2(5,6)1(10)3(7,8)9;/h4*1H;/q4*-1;+4. The second kappa shape index (κ2) is 11.8. The first-order valence-corrected chi connectivity index (χ1v) is 13.3. The minimum atomic E-state index is -10.8. The molecule has 0 unspecified atom stereocenters. The zero-order valence-electron chi connectivity index (χ0n) is 17.5. The summed E-state index contributed by atoms with van der Waals surface area (Å²) in [6.45, 7) is 0. The molecule has 0 aromatic carbocycles. The summed E-state index contributed by atoms with van der Waals surface area (Å²) in [5, 5.41) is 0. The van der Waals surface area contributed by atoms with Gasteiger partial charge in [-0.2, -0.15) is 0 Å². The Kier molecular flexibility index (Phi) is 11.5. The Morgan fingerprint density at radius 3 is 0.415 bits per heavy atom. The molecule has 0 rings (SSSR count). The van der Waals surface area contributed by atoms with E-state index in [1.54, 1.807) is 0 Å². The van der Waals surface area contributed by atoms with Gasteiger partial charge in [0.2, 0.25) is 0 Å². The Morgan fingerprint density at radius 1 is 0.244 bits per heavy atom. The Labute approximate surface area is 212 Å². The van der Waals surface area contributed by atoms with Crippen LogP contribution in [-0.2, 0) is 12.3 Å². The monoisotopic (exact) mass is 788 g/mol. The van der Waals surface area contributed by atoms with E-state index in [-0.39, 0.29) is 0 Å². The molecule has 0 aromatic rings. The molecule has 0 N–H and O–H groups in total. The van der Waals surface area contributed by atoms with Gasteiger partial charge in [0.05, 0.1) is 0 Å². The SMILES string of the molecule is FC(F)(F)C([O][Sn]([O]C(C(F)(F)F)C(F)(F)F)([O]C(C(F)(F)F)C(F)(F)F)[O]C(C(F)(F)F)C(F)(F)F)C(F)(F)F. The van der Waals surface area contributed by atoms with E-state index in [2.05, 4.69) is 12.3 Å². The van der Waals surface area contributed by atoms with E-state index in [1.165, 1.54) is 0 Å². The van der Waals surface area contributed by atoms with E-state index >= 15 is 0 Å². The van der Waals surface area contributed by atoms with Gasteiger partial charge in [-0.05, 0) is 0 Å². The molecule has 0 radical (unpaired) electrons. The van der Waals surface area contributed by atoms with E-state index in [9.17, 15) is 105 Å². The van der Waals surface area contributed by atoms with Crippen LogP contribution in [0.5, 0.6) is 0 Å². The second-order valence-electron chi connectivity index (χ2n) is 6.82. The van der Waals surface area contributed by atoms with Gasteiger partial charge in [-0.15, -0.1) is 0 Å². The molecule has 0 heterocycles. The third-order valence-electron chi connectivity index (χ3n) is 3.43. The summed E-state index contributed by atoms with van der Waals surface area (Å²) in [4.78, 5) is 0. The molecular weight excluding hydrogens is 783 g/mol. The Morgan fingerprint density at radius 2 is 0.341 bits per heavy atom. The third kappa shape index (κ3) is 11.9. The van der Waals surface area contributed by atoms with E-state index in [4.69, 9.17) is 0 Å². The van der Waals surface area contributed by atoms with E-state index in [1.807, 2.05) is 0 Å². The van der Waals surface area contributed by atoms with Crippen molar-refractivity contribution in [3.8, 4) is 0 Å². The fourth-order valence-corrected chi connectivity index (χ4v) is 9.32. The van der Waals surface area contributed by atoms with Gasteiger partial charge in [-0.25, -0.2) is 0 Å². The first-order valence-electron chi connectivity index (χ1n) is 8.60. The van der Waals surface area contributed by atoms with Crippen LogP contribution in [0.2, 0.25) is 0 Å². The zero-order valence-corrected chi connectivity index (χ0v) is 20.4. The molecule has 0 aliphatic heterocycles. The fourth-order valence-electron chi connectivity index (χ4n) is 2.02. The number of halogens is 24. The van der Waals surface area contributed by atoms with E-state index < -0.39 is 93.9 Å². The number of hydrogen-bond donors (Lipinski definition) is 0. The fraction of sp³-hybridized carbons (Fsp3) is 1.00. The summed E-state index contributed by atoms with van der Waals surface area (Å²) in [5.74, 6) is 0. The summed E-state index contributed by atoms with van der Waals surface area (Å²) in [7, 11) is 0. The molecule has 29 heteroatoms. The Hall–Kier alpha value is -1.04. The van der Waals surface area contributed by atoms with Crippen LogP contribution in [0.25, 0.3) is 0 Å². The van der Waals surface area contributed by atoms with Crippen LogP contribution in [0.1, 0.15) is 0 Å². The van der Waals surface area contributed by atoms with Gasteiger partial charge < -0.3 is 0 Å². The first-order chi connectivity index (χ1) is 17.4. The van der Waals surface area contributed by atoms with Gasteiger partial charge in [0.1, 0.15) is 0 Å². The van der Waals surface area contributed by atoms with Crippen molar-refractivity contribution >= 4 is 20.0 Å². The molecule has 248 valence electrons. The van der Waals surface area contributed by atoms with Gasteiger partial charge in [0.25, 0.3) is 0 Å². The van der Waals surface area contributed by atoms with Gasteiger partial charge in [-0.3, -0.25) is 0 Å². The van der Waals surface area contributed by atoms with Gasteiger partial charge in [0, 0.05) is 0 Å². The molecule has 0 fully saturated rings. The van der Waals surface area contributed by atoms with Crippen molar-refractivity contribution in [3.05, 3.63) is 0 Å². The van der Waals surface area contributed by atoms with Crippen LogP contribution in [0.3, 0.4) is 0 Å². The summed E-state index contributed by atoms with van der Waals surface area (Å²) in [5.41, 5.74) is 0. The van der Waals surface area contributed by atoms with Crippen molar-refractivity contribution in [2.45, 2.75) is 73.8 Å². The summed E-state index contributed by atoms with van der Waals surface area (Å²) in [6, 6.07) is 0. The molecule has 0 atom stereocenters. The molecule has 0 saturated heterocycles. The first kappa shape index (κ1) is 40.0. The summed E-state index contributed by atoms with van der Waals surface area (Å²) >= 11 is -10.8. The van der Waals surface area contributed by atoms with Gasteiger partial charge in [0.15, 0.2) is 0 Å². The molecule has 0 amide bonds. The van der Waals surface area contributed by atoms with Crippen LogP contribution in [0, 0.1) is 0 Å². The molecule has 0 aromatic heterocycles. The molecular formula is C12H4F24O4Sn. The third-order valence-corrected chi connectivity index (χ3v) is 9.41. The number of alkyl halides is 24. The van der Waals surface area contributed by atoms with Crippen molar-refractivity contribution < 1.29 is 118 Å². The predicted molar refractivity (Wildman–Crippen MR) is 73.7 cm³/mol. The summed E-state index contributed by atoms with van der Waals surface area (Å²) in [6.07, 6.45) is -85.2. The molecule has 0 aliphatic carbocycles. The molecule has 0 bridgehead atoms. The van der Waals surface area contributed by atoms with Gasteiger partial charge >= 0.3 is 212 Å². The number of rotatable bonds is 8. The Bertz CT molecular complexity index is 641. The molecule has 0 saturated carbocycles. The zero-order chi connectivity index (χ0) is 33.6. The average molecular weight is 787 g/mol. The van der Waals surface area contributed by atoms with Crippen LogP contribution in [0.4, 0.5) is 105 Å². The second-order valence-corrected chi connectivity index (χ2v) is 12.4. The van der Waals surface area contributed by atoms with E-state index in [0.717, 1.165) is 0 Å². The number of hydrogen-bond acceptors (Lipinski definition) is 4. The van der Waals surface area contributed by atoms with Crippen molar-refractivity contribution in [2.24, 2.45) is 0 Å². The van der Waals surface area contributed by atoms with Gasteiger partial charge in [-0.1, -0.05) is 0 Å². The molecule has 41 heavy (non-hydrogen) atoms. The van der Waals surface area contributed by atoms with Crippen LogP contribution in [-0.4, -0.2) is 93.9 Å². The predicted octanol–water partition coefficient (Wildman–Crippen LogP) is 7.46. The van der Waals surface area contributed by atoms with Crippen LogP contribution >= 0.6 is 0 Å². The quantitative estimate of drug-likeness (QED) is 0.189. The molecule has 4 nitrogen and oxygen atoms in total. The molecule has 0 aliphatic rings. The Balaban J connectivity index is 7.99. The average Bonchev–Trinajstić information content (AvgIpc) is 2.58. The topological polar surface area (TPSA) is 36.9 Å². The van der Waals surface area contributed by atoms with Crippen LogP contribution in [0.15, 0.2) is 0 Å². The van der Waals surface area contributed by atoms with Crippen molar-refractivity contribution in [2.75, 3.05) is 0 Å². The maximum absolute atomic E-state index is 12.9. The van der Waals surface area contributed by atoms with Crippen LogP contribution < -0.4 is 0 Å². The summed E-state index contributed by atoms with van der Waals surface area (Å²) < 4.78 is 318. The van der Waals surface area contributed by atoms with Crippen molar-refractivity contribution in [1.82, 2.24) is 0 Å². The van der Waals surface area contributed by atoms with Crippen molar-refractivity contribution in [3.63, 3.8) is 0 Å². The van der Waals surface area contributed by atoms with Crippen molar-refractivity contribution in [1.29, 1.82) is 0 Å². The maximum atomic E-state index is 12.9. The normalized spacial score (nSPS) is 16.1. The molecule has 0 spiro atoms. The van der Waals surface area contributed by atoms with E-state index in [0.29, 0.717) is 0 Å².